The number of halogens is 3. The van der Waals surface area contributed by atoms with Gasteiger partial charge < -0.3 is 76.0 Å². The summed E-state index contributed by atoms with van der Waals surface area (Å²) in [6.07, 6.45) is -7.16. The molecule has 23 heteroatoms. The van der Waals surface area contributed by atoms with E-state index in [1.54, 1.807) is 13.2 Å². The van der Waals surface area contributed by atoms with E-state index in [1.807, 2.05) is 0 Å². The van der Waals surface area contributed by atoms with Gasteiger partial charge >= 0.3 is 18.4 Å². The van der Waals surface area contributed by atoms with Gasteiger partial charge in [0.15, 0.2) is 6.10 Å². The van der Waals surface area contributed by atoms with Crippen LogP contribution in [-0.2, 0) is 77.2 Å². The molecule has 1 amide bonds. The topological polar surface area (TPSA) is 209 Å². The summed E-state index contributed by atoms with van der Waals surface area (Å²) in [6, 6.07) is 10.9. The number of H-pyrrole nitrogens is 1. The van der Waals surface area contributed by atoms with Gasteiger partial charge in [-0.05, 0) is 29.7 Å². The van der Waals surface area contributed by atoms with Crippen molar-refractivity contribution in [3.63, 3.8) is 0 Å². The van der Waals surface area contributed by atoms with Gasteiger partial charge in [-0.25, -0.2) is 9.59 Å². The predicted octanol–water partition coefficient (Wildman–Crippen LogP) is 4.52. The lowest BCUT2D eigenvalue weighted by molar-refractivity contribution is -0.137. The molecule has 20 nitrogen and oxygen atoms in total. The van der Waals surface area contributed by atoms with Crippen LogP contribution in [0.4, 0.5) is 28.4 Å². The first kappa shape index (κ1) is 57.1. The molecule has 1 N–H and O–H groups in total. The highest BCUT2D eigenvalue weighted by atomic mass is 19.4. The molecule has 2 heterocycles. The van der Waals surface area contributed by atoms with E-state index < -0.39 is 35.7 Å². The first-order valence-corrected chi connectivity index (χ1v) is 22.6. The molecule has 0 saturated carbocycles. The zero-order valence-electron chi connectivity index (χ0n) is 39.0. The van der Waals surface area contributed by atoms with Gasteiger partial charge in [0.1, 0.15) is 13.2 Å². The van der Waals surface area contributed by atoms with Crippen LogP contribution in [0.3, 0.4) is 0 Å². The minimum Gasteiger partial charge on any atom is -0.440 e. The molecule has 388 valence electrons. The second-order valence-corrected chi connectivity index (χ2v) is 14.6. The van der Waals surface area contributed by atoms with Gasteiger partial charge in [-0.2, -0.15) is 13.2 Å². The van der Waals surface area contributed by atoms with E-state index in [9.17, 15) is 27.6 Å². The number of amides is 1. The largest absolute Gasteiger partial charge is 0.508 e. The normalized spacial score (nSPS) is 13.9. The van der Waals surface area contributed by atoms with Crippen molar-refractivity contribution in [2.24, 2.45) is 0 Å². The van der Waals surface area contributed by atoms with Crippen molar-refractivity contribution in [1.29, 1.82) is 0 Å². The third-order valence-corrected chi connectivity index (χ3v) is 9.52. The van der Waals surface area contributed by atoms with Gasteiger partial charge in [0, 0.05) is 29.4 Å². The number of fused-ring (bicyclic) bond motifs is 1. The van der Waals surface area contributed by atoms with Crippen molar-refractivity contribution in [2.75, 3.05) is 184 Å². The quantitative estimate of drug-likeness (QED) is 0.0614. The van der Waals surface area contributed by atoms with Crippen LogP contribution < -0.4 is 10.5 Å². The van der Waals surface area contributed by atoms with Crippen molar-refractivity contribution < 1.29 is 93.8 Å². The Morgan fingerprint density at radius 1 is 0.594 bits per heavy atom. The number of anilines is 1. The lowest BCUT2D eigenvalue weighted by atomic mass is 10.0. The second-order valence-electron chi connectivity index (χ2n) is 14.6. The van der Waals surface area contributed by atoms with Crippen LogP contribution in [0.1, 0.15) is 5.56 Å². The Kier molecular flexibility index (Phi) is 28.7. The standard InChI is InChI=1S/C46H65F3N2O18/c1-55-8-9-56-10-11-57-12-13-58-14-15-59-16-17-60-18-19-61-20-21-62-22-23-63-24-25-64-26-27-65-28-29-66-30-31-67-45(54)68-35-38-34-51(44(53)69-38)37-7-6-36-32-42(50-43(52)40(36)33-37)39-4-2-3-5-41(39)46(47,48)49/h2-7,32-33,38H,8-31,34-35H2,1H3,(H,50,52)/t38-/m0/s1. The van der Waals surface area contributed by atoms with Gasteiger partial charge in [0.25, 0.3) is 5.56 Å². The Morgan fingerprint density at radius 3 is 1.48 bits per heavy atom. The molecule has 0 bridgehead atoms. The van der Waals surface area contributed by atoms with Gasteiger partial charge in [-0.3, -0.25) is 9.69 Å². The maximum atomic E-state index is 13.6. The van der Waals surface area contributed by atoms with Gasteiger partial charge in [-0.1, -0.05) is 24.3 Å². The molecule has 3 aromatic rings. The van der Waals surface area contributed by atoms with Gasteiger partial charge in [0.2, 0.25) is 0 Å². The maximum Gasteiger partial charge on any atom is 0.508 e. The number of cyclic esters (lactones) is 1. The Balaban J connectivity index is 0.870. The van der Waals surface area contributed by atoms with E-state index >= 15 is 0 Å². The average molecular weight is 991 g/mol. The van der Waals surface area contributed by atoms with E-state index in [4.69, 9.17) is 71.1 Å². The molecule has 1 aliphatic rings. The molecule has 1 aromatic heterocycles. The van der Waals surface area contributed by atoms with E-state index in [1.165, 1.54) is 41.3 Å². The highest BCUT2D eigenvalue weighted by molar-refractivity contribution is 5.94. The van der Waals surface area contributed by atoms with Crippen LogP contribution in [-0.4, -0.2) is 202 Å². The number of carbonyl (C=O) groups is 2. The fourth-order valence-corrected chi connectivity index (χ4v) is 6.18. The molecule has 2 aromatic carbocycles. The zero-order chi connectivity index (χ0) is 49.2. The molecule has 0 spiro atoms. The molecule has 0 unspecified atom stereocenters. The average Bonchev–Trinajstić information content (AvgIpc) is 3.72. The molecular formula is C46H65F3N2O18. The smallest absolute Gasteiger partial charge is 0.440 e. The summed E-state index contributed by atoms with van der Waals surface area (Å²) in [4.78, 5) is 41.5. The maximum absolute atomic E-state index is 13.6. The first-order chi connectivity index (χ1) is 33.7. The van der Waals surface area contributed by atoms with Crippen molar-refractivity contribution in [3.05, 3.63) is 64.4 Å². The number of hydrogen-bond donors (Lipinski definition) is 1. The number of nitrogens with zero attached hydrogens (tertiary/aromatic N) is 1. The van der Waals surface area contributed by atoms with Gasteiger partial charge in [-0.15, -0.1) is 0 Å². The third-order valence-electron chi connectivity index (χ3n) is 9.52. The number of aromatic amines is 1. The lowest BCUT2D eigenvalue weighted by Crippen LogP contribution is -2.27. The number of pyridine rings is 1. The molecule has 1 atom stereocenters. The fraction of sp³-hybridized carbons (Fsp3) is 0.630. The lowest BCUT2D eigenvalue weighted by Gasteiger charge is -2.15. The summed E-state index contributed by atoms with van der Waals surface area (Å²) in [5.41, 5.74) is -1.38. The fourth-order valence-electron chi connectivity index (χ4n) is 6.18. The van der Waals surface area contributed by atoms with Crippen LogP contribution in [0.5, 0.6) is 0 Å². The number of hydrogen-bond acceptors (Lipinski definition) is 18. The molecule has 69 heavy (non-hydrogen) atoms. The number of ether oxygens (including phenoxy) is 15. The number of nitrogens with one attached hydrogen (secondary N) is 1. The molecule has 1 fully saturated rings. The molecule has 1 saturated heterocycles. The number of carbonyl (C=O) groups excluding carboxylic acids is 2. The SMILES string of the molecule is COCCOCCOCCOCCOCCOCCOCCOCCOCCOCCOCCOCCOC(=O)OC[C@@H]1CN(c2ccc3cc(-c4ccccc4C(F)(F)F)[nH]c(=O)c3c2)C(=O)O1. The van der Waals surface area contributed by atoms with Gasteiger partial charge in [0.05, 0.1) is 164 Å². The molecule has 0 aliphatic carbocycles. The summed E-state index contributed by atoms with van der Waals surface area (Å²) in [5, 5.41) is 0.524. The third kappa shape index (κ3) is 23.8. The number of methoxy groups -OCH3 is 1. The van der Waals surface area contributed by atoms with Crippen molar-refractivity contribution in [2.45, 2.75) is 12.3 Å². The minimum absolute atomic E-state index is 0.0000587. The Bertz CT molecular complexity index is 1930. The van der Waals surface area contributed by atoms with E-state index in [0.717, 1.165) is 6.07 Å². The molecule has 4 rings (SSSR count). The van der Waals surface area contributed by atoms with Crippen molar-refractivity contribution in [3.8, 4) is 11.3 Å². The first-order valence-electron chi connectivity index (χ1n) is 22.6. The summed E-state index contributed by atoms with van der Waals surface area (Å²) in [5.74, 6) is 0. The number of benzene rings is 2. The number of alkyl halides is 3. The highest BCUT2D eigenvalue weighted by Crippen LogP contribution is 2.37. The summed E-state index contributed by atoms with van der Waals surface area (Å²) in [6.45, 7) is 9.72. The second kappa shape index (κ2) is 34.7. The van der Waals surface area contributed by atoms with Crippen LogP contribution in [0.15, 0.2) is 53.3 Å². The zero-order valence-corrected chi connectivity index (χ0v) is 39.0. The van der Waals surface area contributed by atoms with Crippen molar-refractivity contribution >= 4 is 28.7 Å². The minimum atomic E-state index is -4.62. The number of rotatable bonds is 40. The van der Waals surface area contributed by atoms with Crippen LogP contribution in [0.2, 0.25) is 0 Å². The van der Waals surface area contributed by atoms with E-state index in [0.29, 0.717) is 150 Å². The monoisotopic (exact) mass is 990 g/mol. The Morgan fingerprint density at radius 2 is 1.03 bits per heavy atom. The highest BCUT2D eigenvalue weighted by Gasteiger charge is 2.35. The summed E-state index contributed by atoms with van der Waals surface area (Å²) >= 11 is 0. The van der Waals surface area contributed by atoms with Crippen LogP contribution in [0.25, 0.3) is 22.0 Å². The van der Waals surface area contributed by atoms with Crippen LogP contribution in [0, 0.1) is 0 Å². The van der Waals surface area contributed by atoms with Crippen LogP contribution >= 0.6 is 0 Å². The van der Waals surface area contributed by atoms with E-state index in [2.05, 4.69) is 4.98 Å². The van der Waals surface area contributed by atoms with E-state index in [-0.39, 0.29) is 49.6 Å². The molecule has 0 radical (unpaired) electrons. The summed E-state index contributed by atoms with van der Waals surface area (Å²) in [7, 11) is 1.63. The van der Waals surface area contributed by atoms with Crippen molar-refractivity contribution in [1.82, 2.24) is 4.98 Å². The number of aromatic nitrogens is 1. The Labute approximate surface area is 398 Å². The molecule has 1 aliphatic heterocycles. The summed E-state index contributed by atoms with van der Waals surface area (Å²) < 4.78 is 121. The molecular weight excluding hydrogens is 925 g/mol. The predicted molar refractivity (Wildman–Crippen MR) is 241 cm³/mol. The Hall–Kier alpha value is -4.50.